The van der Waals surface area contributed by atoms with Gasteiger partial charge in [-0.05, 0) is 12.8 Å². The van der Waals surface area contributed by atoms with Crippen LogP contribution in [-0.4, -0.2) is 43.7 Å². The highest BCUT2D eigenvalue weighted by atomic mass is 16.5. The van der Waals surface area contributed by atoms with Crippen LogP contribution in [0.5, 0.6) is 0 Å². The Balaban J connectivity index is 2.30. The molecule has 0 spiro atoms. The molecule has 94 valence electrons. The number of rotatable bonds is 5. The molecule has 16 heavy (non-hydrogen) atoms. The molecule has 0 unspecified atom stereocenters. The number of carbonyl (C=O) groups is 1. The zero-order chi connectivity index (χ0) is 11.8. The lowest BCUT2D eigenvalue weighted by atomic mass is 10.1. The standard InChI is InChI=1S/C12H24N2O2/c1-14(12(15)10-16-9-8-13)11-6-4-2-3-5-7-11/h11H,2-10,13H2,1H3. The Kier molecular flexibility index (Phi) is 6.42. The van der Waals surface area contributed by atoms with Crippen LogP contribution in [0.2, 0.25) is 0 Å². The third-order valence-electron chi connectivity index (χ3n) is 3.25. The van der Waals surface area contributed by atoms with Gasteiger partial charge in [0.05, 0.1) is 6.61 Å². The summed E-state index contributed by atoms with van der Waals surface area (Å²) in [5, 5.41) is 0. The molecule has 1 aliphatic carbocycles. The molecule has 0 atom stereocenters. The van der Waals surface area contributed by atoms with Gasteiger partial charge in [-0.25, -0.2) is 0 Å². The van der Waals surface area contributed by atoms with E-state index in [9.17, 15) is 4.79 Å². The largest absolute Gasteiger partial charge is 0.370 e. The SMILES string of the molecule is CN(C(=O)COCCN)C1CCCCCC1. The number of hydrogen-bond donors (Lipinski definition) is 1. The highest BCUT2D eigenvalue weighted by molar-refractivity contribution is 5.77. The van der Waals surface area contributed by atoms with Gasteiger partial charge in [0.25, 0.3) is 0 Å². The smallest absolute Gasteiger partial charge is 0.248 e. The Morgan fingerprint density at radius 1 is 1.31 bits per heavy atom. The molecule has 1 rings (SSSR count). The van der Waals surface area contributed by atoms with Crippen molar-refractivity contribution in [3.63, 3.8) is 0 Å². The molecule has 2 N–H and O–H groups in total. The summed E-state index contributed by atoms with van der Waals surface area (Å²) >= 11 is 0. The van der Waals surface area contributed by atoms with E-state index in [0.717, 1.165) is 12.8 Å². The third-order valence-corrected chi connectivity index (χ3v) is 3.25. The summed E-state index contributed by atoms with van der Waals surface area (Å²) in [7, 11) is 1.89. The van der Waals surface area contributed by atoms with Crippen molar-refractivity contribution >= 4 is 5.91 Å². The average Bonchev–Trinajstić information content (AvgIpc) is 2.56. The van der Waals surface area contributed by atoms with Crippen LogP contribution in [0.25, 0.3) is 0 Å². The lowest BCUT2D eigenvalue weighted by Crippen LogP contribution is -2.39. The molecule has 4 heteroatoms. The second-order valence-electron chi connectivity index (χ2n) is 4.49. The minimum absolute atomic E-state index is 0.0837. The molecule has 4 nitrogen and oxygen atoms in total. The van der Waals surface area contributed by atoms with Crippen LogP contribution in [0.15, 0.2) is 0 Å². The predicted molar refractivity (Wildman–Crippen MR) is 64.1 cm³/mol. The van der Waals surface area contributed by atoms with Crippen LogP contribution in [0, 0.1) is 0 Å². The average molecular weight is 228 g/mol. The van der Waals surface area contributed by atoms with E-state index >= 15 is 0 Å². The van der Waals surface area contributed by atoms with Gasteiger partial charge in [0.15, 0.2) is 0 Å². The minimum Gasteiger partial charge on any atom is -0.370 e. The summed E-state index contributed by atoms with van der Waals surface area (Å²) in [4.78, 5) is 13.7. The second-order valence-corrected chi connectivity index (χ2v) is 4.49. The quantitative estimate of drug-likeness (QED) is 0.567. The summed E-state index contributed by atoms with van der Waals surface area (Å²) in [5.41, 5.74) is 5.30. The summed E-state index contributed by atoms with van der Waals surface area (Å²) in [5.74, 6) is 0.0837. The lowest BCUT2D eigenvalue weighted by molar-refractivity contribution is -0.137. The van der Waals surface area contributed by atoms with Crippen molar-refractivity contribution < 1.29 is 9.53 Å². The minimum atomic E-state index is 0.0837. The third kappa shape index (κ3) is 4.49. The maximum Gasteiger partial charge on any atom is 0.248 e. The first-order valence-electron chi connectivity index (χ1n) is 6.29. The van der Waals surface area contributed by atoms with E-state index in [1.807, 2.05) is 11.9 Å². The first-order valence-corrected chi connectivity index (χ1v) is 6.29. The van der Waals surface area contributed by atoms with Crippen molar-refractivity contribution in [1.29, 1.82) is 0 Å². The molecule has 0 aromatic heterocycles. The number of nitrogens with two attached hydrogens (primary N) is 1. The maximum absolute atomic E-state index is 11.8. The molecular weight excluding hydrogens is 204 g/mol. The van der Waals surface area contributed by atoms with Crippen molar-refractivity contribution in [1.82, 2.24) is 4.90 Å². The molecule has 1 saturated carbocycles. The fourth-order valence-corrected chi connectivity index (χ4v) is 2.19. The highest BCUT2D eigenvalue weighted by Crippen LogP contribution is 2.20. The zero-order valence-corrected chi connectivity index (χ0v) is 10.3. The van der Waals surface area contributed by atoms with Crippen molar-refractivity contribution in [3.8, 4) is 0 Å². The van der Waals surface area contributed by atoms with Gasteiger partial charge in [-0.1, -0.05) is 25.7 Å². The number of likely N-dealkylation sites (N-methyl/N-ethyl adjacent to an activating group) is 1. The van der Waals surface area contributed by atoms with E-state index in [2.05, 4.69) is 0 Å². The number of nitrogens with zero attached hydrogens (tertiary/aromatic N) is 1. The highest BCUT2D eigenvalue weighted by Gasteiger charge is 2.20. The van der Waals surface area contributed by atoms with Gasteiger partial charge >= 0.3 is 0 Å². The maximum atomic E-state index is 11.8. The topological polar surface area (TPSA) is 55.6 Å². The molecule has 0 bridgehead atoms. The predicted octanol–water partition coefficient (Wildman–Crippen LogP) is 1.14. The molecule has 0 aromatic rings. The number of hydrogen-bond acceptors (Lipinski definition) is 3. The van der Waals surface area contributed by atoms with Crippen LogP contribution in [0.3, 0.4) is 0 Å². The number of amides is 1. The van der Waals surface area contributed by atoms with E-state index in [1.54, 1.807) is 0 Å². The molecule has 1 fully saturated rings. The first-order chi connectivity index (χ1) is 7.75. The van der Waals surface area contributed by atoms with Crippen molar-refractivity contribution in [2.75, 3.05) is 26.8 Å². The van der Waals surface area contributed by atoms with Crippen LogP contribution in [0.4, 0.5) is 0 Å². The van der Waals surface area contributed by atoms with E-state index in [0.29, 0.717) is 19.2 Å². The Bertz CT molecular complexity index is 201. The molecule has 0 heterocycles. The molecule has 0 radical (unpaired) electrons. The van der Waals surface area contributed by atoms with E-state index in [1.165, 1.54) is 25.7 Å². The Morgan fingerprint density at radius 3 is 2.50 bits per heavy atom. The Hall–Kier alpha value is -0.610. The lowest BCUT2D eigenvalue weighted by Gasteiger charge is -2.27. The van der Waals surface area contributed by atoms with Gasteiger partial charge < -0.3 is 15.4 Å². The van der Waals surface area contributed by atoms with Crippen molar-refractivity contribution in [3.05, 3.63) is 0 Å². The van der Waals surface area contributed by atoms with Gasteiger partial charge in [0.2, 0.25) is 5.91 Å². The molecule has 0 saturated heterocycles. The van der Waals surface area contributed by atoms with Gasteiger partial charge in [-0.2, -0.15) is 0 Å². The molecule has 1 amide bonds. The molecule has 0 aromatic carbocycles. The first kappa shape index (κ1) is 13.5. The normalized spacial score (nSPS) is 18.1. The van der Waals surface area contributed by atoms with Crippen LogP contribution in [0.1, 0.15) is 38.5 Å². The van der Waals surface area contributed by atoms with Gasteiger partial charge in [0, 0.05) is 19.6 Å². The molecule has 1 aliphatic rings. The van der Waals surface area contributed by atoms with Gasteiger partial charge in [0.1, 0.15) is 6.61 Å². The van der Waals surface area contributed by atoms with Gasteiger partial charge in [-0.3, -0.25) is 4.79 Å². The second kappa shape index (κ2) is 7.63. The van der Waals surface area contributed by atoms with E-state index in [4.69, 9.17) is 10.5 Å². The van der Waals surface area contributed by atoms with Gasteiger partial charge in [-0.15, -0.1) is 0 Å². The number of carbonyl (C=O) groups excluding carboxylic acids is 1. The van der Waals surface area contributed by atoms with Crippen LogP contribution in [-0.2, 0) is 9.53 Å². The summed E-state index contributed by atoms with van der Waals surface area (Å²) in [6.45, 7) is 1.11. The van der Waals surface area contributed by atoms with E-state index in [-0.39, 0.29) is 12.5 Å². The summed E-state index contributed by atoms with van der Waals surface area (Å²) in [6.07, 6.45) is 7.38. The fraction of sp³-hybridized carbons (Fsp3) is 0.917. The number of ether oxygens (including phenoxy) is 1. The van der Waals surface area contributed by atoms with Crippen LogP contribution < -0.4 is 5.73 Å². The van der Waals surface area contributed by atoms with Crippen LogP contribution >= 0.6 is 0 Å². The van der Waals surface area contributed by atoms with Crippen molar-refractivity contribution in [2.45, 2.75) is 44.6 Å². The zero-order valence-electron chi connectivity index (χ0n) is 10.3. The summed E-state index contributed by atoms with van der Waals surface area (Å²) in [6, 6.07) is 0.413. The summed E-state index contributed by atoms with van der Waals surface area (Å²) < 4.78 is 5.17. The Labute approximate surface area is 98.1 Å². The fourth-order valence-electron chi connectivity index (χ4n) is 2.19. The van der Waals surface area contributed by atoms with E-state index < -0.39 is 0 Å². The Morgan fingerprint density at radius 2 is 1.94 bits per heavy atom. The molecular formula is C12H24N2O2. The molecule has 0 aliphatic heterocycles. The van der Waals surface area contributed by atoms with Crippen molar-refractivity contribution in [2.24, 2.45) is 5.73 Å². The monoisotopic (exact) mass is 228 g/mol.